The predicted octanol–water partition coefficient (Wildman–Crippen LogP) is 1.67. The lowest BCUT2D eigenvalue weighted by molar-refractivity contribution is -0.153. The number of hydrogen-bond acceptors (Lipinski definition) is 4. The third-order valence-corrected chi connectivity index (χ3v) is 5.31. The number of fused-ring (bicyclic) bond motifs is 1. The first-order valence-corrected chi connectivity index (χ1v) is 8.93. The number of nitrogens with zero attached hydrogens (tertiary/aromatic N) is 2. The summed E-state index contributed by atoms with van der Waals surface area (Å²) in [4.78, 5) is 40.1. The monoisotopic (exact) mass is 368 g/mol. The number of rotatable bonds is 4. The number of hydrogen-bond donors (Lipinski definition) is 1. The number of likely N-dealkylation sites (tertiary alicyclic amines) is 1. The lowest BCUT2D eigenvalue weighted by atomic mass is 9.92. The predicted molar refractivity (Wildman–Crippen MR) is 94.4 cm³/mol. The zero-order valence-electron chi connectivity index (χ0n) is 14.7. The molecule has 7 nitrogen and oxygen atoms in total. The van der Waals surface area contributed by atoms with Crippen molar-refractivity contribution < 1.29 is 23.9 Å². The standard InChI is InChI=1S/C20H20N2O5/c23-18-9-15(10-21(18)12-16-6-3-7-27-16)19(24)22-11-14-5-2-1-4-13(14)8-17(22)20(25)26/h1-7,15,17H,8-12H2,(H,25,26)/t15-,17-/m0/s1. The van der Waals surface area contributed by atoms with Gasteiger partial charge in [-0.05, 0) is 23.3 Å². The molecule has 27 heavy (non-hydrogen) atoms. The van der Waals surface area contributed by atoms with Crippen molar-refractivity contribution in [1.82, 2.24) is 9.80 Å². The minimum atomic E-state index is -1.02. The molecule has 3 heterocycles. The molecule has 2 atom stereocenters. The second kappa shape index (κ2) is 6.90. The third-order valence-electron chi connectivity index (χ3n) is 5.31. The zero-order valence-corrected chi connectivity index (χ0v) is 14.7. The molecule has 1 saturated heterocycles. The molecule has 2 aliphatic rings. The Kier molecular flexibility index (Phi) is 4.43. The van der Waals surface area contributed by atoms with Crippen molar-refractivity contribution >= 4 is 17.8 Å². The Hall–Kier alpha value is -3.09. The van der Waals surface area contributed by atoms with Gasteiger partial charge in [0.15, 0.2) is 0 Å². The number of furan rings is 1. The summed E-state index contributed by atoms with van der Waals surface area (Å²) in [5.41, 5.74) is 1.91. The van der Waals surface area contributed by atoms with Crippen LogP contribution >= 0.6 is 0 Å². The number of carboxylic acids is 1. The van der Waals surface area contributed by atoms with E-state index in [1.54, 1.807) is 23.3 Å². The smallest absolute Gasteiger partial charge is 0.326 e. The van der Waals surface area contributed by atoms with Crippen LogP contribution in [0.2, 0.25) is 0 Å². The van der Waals surface area contributed by atoms with Crippen LogP contribution in [-0.2, 0) is 33.9 Å². The highest BCUT2D eigenvalue weighted by Crippen LogP contribution is 2.28. The molecule has 0 spiro atoms. The van der Waals surface area contributed by atoms with E-state index < -0.39 is 17.9 Å². The van der Waals surface area contributed by atoms with Gasteiger partial charge in [0.05, 0.1) is 18.7 Å². The summed E-state index contributed by atoms with van der Waals surface area (Å²) in [6.07, 6.45) is 1.93. The highest BCUT2D eigenvalue weighted by Gasteiger charge is 2.41. The highest BCUT2D eigenvalue weighted by atomic mass is 16.4. The molecule has 0 aliphatic carbocycles. The molecule has 2 amide bonds. The maximum absolute atomic E-state index is 13.1. The molecule has 0 saturated carbocycles. The molecule has 4 rings (SSSR count). The van der Waals surface area contributed by atoms with E-state index in [4.69, 9.17) is 4.42 Å². The third kappa shape index (κ3) is 3.32. The maximum atomic E-state index is 13.1. The summed E-state index contributed by atoms with van der Waals surface area (Å²) in [5.74, 6) is -1.28. The number of carboxylic acid groups (broad SMARTS) is 1. The molecular weight excluding hydrogens is 348 g/mol. The number of carbonyl (C=O) groups is 3. The molecule has 0 radical (unpaired) electrons. The lowest BCUT2D eigenvalue weighted by Gasteiger charge is -2.35. The van der Waals surface area contributed by atoms with Gasteiger partial charge in [0.2, 0.25) is 11.8 Å². The van der Waals surface area contributed by atoms with Crippen molar-refractivity contribution in [3.05, 3.63) is 59.5 Å². The Morgan fingerprint density at radius 2 is 1.89 bits per heavy atom. The van der Waals surface area contributed by atoms with Gasteiger partial charge < -0.3 is 19.3 Å². The van der Waals surface area contributed by atoms with Gasteiger partial charge in [-0.15, -0.1) is 0 Å². The Bertz CT molecular complexity index is 876. The van der Waals surface area contributed by atoms with Gasteiger partial charge in [-0.1, -0.05) is 24.3 Å². The fraction of sp³-hybridized carbons (Fsp3) is 0.350. The van der Waals surface area contributed by atoms with Gasteiger partial charge in [-0.25, -0.2) is 4.79 Å². The van der Waals surface area contributed by atoms with Gasteiger partial charge in [0, 0.05) is 25.9 Å². The first-order chi connectivity index (χ1) is 13.0. The highest BCUT2D eigenvalue weighted by molar-refractivity contribution is 5.91. The minimum Gasteiger partial charge on any atom is -0.480 e. The van der Waals surface area contributed by atoms with Crippen molar-refractivity contribution in [2.45, 2.75) is 32.0 Å². The fourth-order valence-electron chi connectivity index (χ4n) is 3.89. The SMILES string of the molecule is O=C(O)[C@@H]1Cc2ccccc2CN1C(=O)[C@H]1CC(=O)N(Cc2ccco2)C1. The molecule has 2 aromatic rings. The largest absolute Gasteiger partial charge is 0.480 e. The quantitative estimate of drug-likeness (QED) is 0.886. The molecule has 0 unspecified atom stereocenters. The van der Waals surface area contributed by atoms with Crippen molar-refractivity contribution in [1.29, 1.82) is 0 Å². The van der Waals surface area contributed by atoms with Gasteiger partial charge in [0.25, 0.3) is 0 Å². The number of aliphatic carboxylic acids is 1. The second-order valence-electron chi connectivity index (χ2n) is 7.05. The summed E-state index contributed by atoms with van der Waals surface area (Å²) >= 11 is 0. The molecule has 1 aromatic heterocycles. The Labute approximate surface area is 156 Å². The van der Waals surface area contributed by atoms with E-state index in [0.29, 0.717) is 12.3 Å². The molecule has 2 aliphatic heterocycles. The summed E-state index contributed by atoms with van der Waals surface area (Å²) in [5, 5.41) is 9.62. The first kappa shape index (κ1) is 17.3. The summed E-state index contributed by atoms with van der Waals surface area (Å²) < 4.78 is 5.28. The number of benzene rings is 1. The van der Waals surface area contributed by atoms with Crippen LogP contribution in [0, 0.1) is 5.92 Å². The van der Waals surface area contributed by atoms with Crippen molar-refractivity contribution in [3.8, 4) is 0 Å². The van der Waals surface area contributed by atoms with Gasteiger partial charge in [0.1, 0.15) is 11.8 Å². The minimum absolute atomic E-state index is 0.101. The maximum Gasteiger partial charge on any atom is 0.326 e. The molecule has 1 fully saturated rings. The Morgan fingerprint density at radius 1 is 1.11 bits per heavy atom. The molecule has 7 heteroatoms. The van der Waals surface area contributed by atoms with Crippen LogP contribution in [0.15, 0.2) is 47.1 Å². The topological polar surface area (TPSA) is 91.1 Å². The van der Waals surface area contributed by atoms with E-state index in [0.717, 1.165) is 11.1 Å². The van der Waals surface area contributed by atoms with Crippen LogP contribution in [0.1, 0.15) is 23.3 Å². The van der Waals surface area contributed by atoms with E-state index in [2.05, 4.69) is 0 Å². The Morgan fingerprint density at radius 3 is 2.59 bits per heavy atom. The molecule has 0 bridgehead atoms. The Balaban J connectivity index is 1.51. The summed E-state index contributed by atoms with van der Waals surface area (Å²) in [6.45, 7) is 0.860. The van der Waals surface area contributed by atoms with E-state index in [1.807, 2.05) is 24.3 Å². The van der Waals surface area contributed by atoms with E-state index in [1.165, 1.54) is 4.90 Å². The lowest BCUT2D eigenvalue weighted by Crippen LogP contribution is -2.51. The number of carbonyl (C=O) groups excluding carboxylic acids is 2. The van der Waals surface area contributed by atoms with Crippen LogP contribution in [0.25, 0.3) is 0 Å². The van der Waals surface area contributed by atoms with Crippen molar-refractivity contribution in [2.24, 2.45) is 5.92 Å². The summed E-state index contributed by atoms with van der Waals surface area (Å²) in [7, 11) is 0. The summed E-state index contributed by atoms with van der Waals surface area (Å²) in [6, 6.07) is 10.2. The van der Waals surface area contributed by atoms with Crippen molar-refractivity contribution in [2.75, 3.05) is 6.54 Å². The van der Waals surface area contributed by atoms with Crippen LogP contribution in [0.4, 0.5) is 0 Å². The average Bonchev–Trinajstić information content (AvgIpc) is 3.30. The molecule has 140 valence electrons. The van der Waals surface area contributed by atoms with Crippen LogP contribution in [0.3, 0.4) is 0 Å². The second-order valence-corrected chi connectivity index (χ2v) is 7.05. The van der Waals surface area contributed by atoms with E-state index in [-0.39, 0.29) is 37.7 Å². The normalized spacial score (nSPS) is 22.0. The average molecular weight is 368 g/mol. The fourth-order valence-corrected chi connectivity index (χ4v) is 3.89. The first-order valence-electron chi connectivity index (χ1n) is 8.93. The van der Waals surface area contributed by atoms with Crippen molar-refractivity contribution in [3.63, 3.8) is 0 Å². The molecule has 1 aromatic carbocycles. The molecular formula is C20H20N2O5. The molecule has 1 N–H and O–H groups in total. The van der Waals surface area contributed by atoms with Crippen LogP contribution < -0.4 is 0 Å². The van der Waals surface area contributed by atoms with E-state index >= 15 is 0 Å². The van der Waals surface area contributed by atoms with Gasteiger partial charge in [-0.2, -0.15) is 0 Å². The van der Waals surface area contributed by atoms with Gasteiger partial charge >= 0.3 is 5.97 Å². The number of amides is 2. The van der Waals surface area contributed by atoms with Gasteiger partial charge in [-0.3, -0.25) is 9.59 Å². The van der Waals surface area contributed by atoms with E-state index in [9.17, 15) is 19.5 Å². The van der Waals surface area contributed by atoms with Crippen LogP contribution in [0.5, 0.6) is 0 Å². The van der Waals surface area contributed by atoms with Crippen LogP contribution in [-0.4, -0.2) is 45.3 Å². The zero-order chi connectivity index (χ0) is 19.0.